The molecule has 19 heavy (non-hydrogen) atoms. The average Bonchev–Trinajstić information content (AvgIpc) is 2.75. The minimum atomic E-state index is 0.267. The van der Waals surface area contributed by atoms with Crippen molar-refractivity contribution in [3.63, 3.8) is 0 Å². The molecule has 0 bridgehead atoms. The maximum absolute atomic E-state index is 5.65. The SMILES string of the molecule is C#CCOc1ccc2c(c1)c(CCN)cn2CC#C. The van der Waals surface area contributed by atoms with Crippen LogP contribution in [0.25, 0.3) is 10.9 Å². The van der Waals surface area contributed by atoms with Gasteiger partial charge in [-0.05, 0) is 36.7 Å². The van der Waals surface area contributed by atoms with E-state index in [1.807, 2.05) is 22.8 Å². The summed E-state index contributed by atoms with van der Waals surface area (Å²) < 4.78 is 7.50. The largest absolute Gasteiger partial charge is 0.481 e. The molecule has 0 saturated carbocycles. The van der Waals surface area contributed by atoms with E-state index < -0.39 is 0 Å². The van der Waals surface area contributed by atoms with E-state index in [0.29, 0.717) is 13.1 Å². The van der Waals surface area contributed by atoms with Crippen LogP contribution in [0, 0.1) is 24.7 Å². The smallest absolute Gasteiger partial charge is 0.148 e. The summed E-state index contributed by atoms with van der Waals surface area (Å²) in [5.41, 5.74) is 7.92. The molecule has 3 heteroatoms. The maximum atomic E-state index is 5.65. The Morgan fingerprint density at radius 3 is 2.79 bits per heavy atom. The Morgan fingerprint density at radius 1 is 1.26 bits per heavy atom. The van der Waals surface area contributed by atoms with E-state index in [1.54, 1.807) is 0 Å². The normalized spacial score (nSPS) is 10.1. The summed E-state index contributed by atoms with van der Waals surface area (Å²) in [7, 11) is 0. The molecule has 96 valence electrons. The number of rotatable bonds is 5. The van der Waals surface area contributed by atoms with Gasteiger partial charge in [0.1, 0.15) is 12.4 Å². The highest BCUT2D eigenvalue weighted by Crippen LogP contribution is 2.26. The monoisotopic (exact) mass is 252 g/mol. The zero-order valence-electron chi connectivity index (χ0n) is 10.7. The molecule has 2 N–H and O–H groups in total. The van der Waals surface area contributed by atoms with Gasteiger partial charge in [0.05, 0.1) is 6.54 Å². The first-order valence-corrected chi connectivity index (χ1v) is 6.11. The minimum Gasteiger partial charge on any atom is -0.481 e. The van der Waals surface area contributed by atoms with Crippen LogP contribution < -0.4 is 10.5 Å². The van der Waals surface area contributed by atoms with Crippen molar-refractivity contribution in [1.29, 1.82) is 0 Å². The van der Waals surface area contributed by atoms with Crippen LogP contribution in [0.1, 0.15) is 5.56 Å². The van der Waals surface area contributed by atoms with E-state index in [-0.39, 0.29) is 6.61 Å². The van der Waals surface area contributed by atoms with Gasteiger partial charge < -0.3 is 15.0 Å². The molecule has 0 saturated heterocycles. The van der Waals surface area contributed by atoms with Crippen molar-refractivity contribution in [1.82, 2.24) is 4.57 Å². The van der Waals surface area contributed by atoms with E-state index in [0.717, 1.165) is 23.1 Å². The van der Waals surface area contributed by atoms with Gasteiger partial charge in [-0.15, -0.1) is 12.8 Å². The summed E-state index contributed by atoms with van der Waals surface area (Å²) in [5.74, 6) is 5.88. The fraction of sp³-hybridized carbons (Fsp3) is 0.250. The molecule has 0 fully saturated rings. The highest BCUT2D eigenvalue weighted by Gasteiger charge is 2.08. The number of aromatic nitrogens is 1. The number of hydrogen-bond acceptors (Lipinski definition) is 2. The van der Waals surface area contributed by atoms with Crippen molar-refractivity contribution >= 4 is 10.9 Å². The lowest BCUT2D eigenvalue weighted by molar-refractivity contribution is 0.371. The second-order valence-electron chi connectivity index (χ2n) is 4.20. The second-order valence-corrected chi connectivity index (χ2v) is 4.20. The standard InChI is InChI=1S/C16H16N2O/c1-3-9-18-12-13(7-8-17)15-11-14(19-10-4-2)5-6-16(15)18/h1-2,5-6,11-12H,7-10,17H2. The third-order valence-electron chi connectivity index (χ3n) is 2.93. The average molecular weight is 252 g/mol. The van der Waals surface area contributed by atoms with E-state index in [9.17, 15) is 0 Å². The van der Waals surface area contributed by atoms with Crippen molar-refractivity contribution in [3.05, 3.63) is 30.0 Å². The van der Waals surface area contributed by atoms with Gasteiger partial charge in [0.15, 0.2) is 0 Å². The molecule has 1 aromatic carbocycles. The summed E-state index contributed by atoms with van der Waals surface area (Å²) in [6, 6.07) is 5.89. The van der Waals surface area contributed by atoms with E-state index in [2.05, 4.69) is 18.0 Å². The Bertz CT molecular complexity index is 656. The number of fused-ring (bicyclic) bond motifs is 1. The Balaban J connectivity index is 2.47. The molecule has 1 aromatic heterocycles. The van der Waals surface area contributed by atoms with Crippen LogP contribution in [0.2, 0.25) is 0 Å². The van der Waals surface area contributed by atoms with Crippen LogP contribution in [-0.4, -0.2) is 17.7 Å². The highest BCUT2D eigenvalue weighted by molar-refractivity contribution is 5.85. The number of nitrogens with two attached hydrogens (primary N) is 1. The Labute approximate surface area is 113 Å². The molecule has 0 unspecified atom stereocenters. The lowest BCUT2D eigenvalue weighted by Gasteiger charge is -2.04. The van der Waals surface area contributed by atoms with Gasteiger partial charge in [0.2, 0.25) is 0 Å². The first-order chi connectivity index (χ1) is 9.30. The molecule has 0 aliphatic heterocycles. The first-order valence-electron chi connectivity index (χ1n) is 6.11. The van der Waals surface area contributed by atoms with Gasteiger partial charge in [0.25, 0.3) is 0 Å². The molecule has 3 nitrogen and oxygen atoms in total. The molecule has 0 radical (unpaired) electrons. The number of benzene rings is 1. The van der Waals surface area contributed by atoms with Crippen molar-refractivity contribution < 1.29 is 4.74 Å². The zero-order chi connectivity index (χ0) is 13.7. The Hall–Kier alpha value is -2.36. The lowest BCUT2D eigenvalue weighted by Crippen LogP contribution is -2.02. The van der Waals surface area contributed by atoms with Gasteiger partial charge in [-0.3, -0.25) is 0 Å². The molecular formula is C16H16N2O. The van der Waals surface area contributed by atoms with Crippen molar-refractivity contribution in [2.75, 3.05) is 13.2 Å². The highest BCUT2D eigenvalue weighted by atomic mass is 16.5. The summed E-state index contributed by atoms with van der Waals surface area (Å²) in [6.45, 7) is 1.42. The number of terminal acetylenes is 2. The summed E-state index contributed by atoms with van der Waals surface area (Å²) >= 11 is 0. The van der Waals surface area contributed by atoms with Crippen molar-refractivity contribution in [3.8, 4) is 30.4 Å². The summed E-state index contributed by atoms with van der Waals surface area (Å²) in [4.78, 5) is 0. The van der Waals surface area contributed by atoms with Crippen molar-refractivity contribution in [2.24, 2.45) is 5.73 Å². The first kappa shape index (κ1) is 13.1. The van der Waals surface area contributed by atoms with Crippen molar-refractivity contribution in [2.45, 2.75) is 13.0 Å². The number of hydrogen-bond donors (Lipinski definition) is 1. The van der Waals surface area contributed by atoms with Crippen LogP contribution in [0.15, 0.2) is 24.4 Å². The number of ether oxygens (including phenoxy) is 1. The summed E-state index contributed by atoms with van der Waals surface area (Å²) in [5, 5.41) is 1.12. The molecule has 0 amide bonds. The molecule has 0 aliphatic carbocycles. The van der Waals surface area contributed by atoms with Crippen LogP contribution in [-0.2, 0) is 13.0 Å². The predicted molar refractivity (Wildman–Crippen MR) is 77.9 cm³/mol. The maximum Gasteiger partial charge on any atom is 0.148 e. The van der Waals surface area contributed by atoms with Crippen LogP contribution in [0.5, 0.6) is 5.75 Å². The van der Waals surface area contributed by atoms with Crippen LogP contribution >= 0.6 is 0 Å². The van der Waals surface area contributed by atoms with Gasteiger partial charge in [-0.2, -0.15) is 0 Å². The van der Waals surface area contributed by atoms with Gasteiger partial charge >= 0.3 is 0 Å². The third kappa shape index (κ3) is 2.73. The second kappa shape index (κ2) is 6.00. The molecule has 1 heterocycles. The predicted octanol–water partition coefficient (Wildman–Crippen LogP) is 1.79. The molecule has 2 aromatic rings. The Morgan fingerprint density at radius 2 is 2.11 bits per heavy atom. The molecular weight excluding hydrogens is 236 g/mol. The van der Waals surface area contributed by atoms with E-state index >= 15 is 0 Å². The third-order valence-corrected chi connectivity index (χ3v) is 2.93. The molecule has 0 atom stereocenters. The topological polar surface area (TPSA) is 40.2 Å². The Kier molecular flexibility index (Phi) is 4.13. The van der Waals surface area contributed by atoms with Crippen LogP contribution in [0.3, 0.4) is 0 Å². The molecule has 2 rings (SSSR count). The van der Waals surface area contributed by atoms with Gasteiger partial charge in [-0.1, -0.05) is 11.8 Å². The van der Waals surface area contributed by atoms with E-state index in [4.69, 9.17) is 23.3 Å². The fourth-order valence-electron chi connectivity index (χ4n) is 2.15. The zero-order valence-corrected chi connectivity index (χ0v) is 10.7. The van der Waals surface area contributed by atoms with Gasteiger partial charge in [-0.25, -0.2) is 0 Å². The fourth-order valence-corrected chi connectivity index (χ4v) is 2.15. The number of nitrogens with zero attached hydrogens (tertiary/aromatic N) is 1. The molecule has 0 spiro atoms. The van der Waals surface area contributed by atoms with Gasteiger partial charge in [0, 0.05) is 17.1 Å². The minimum absolute atomic E-state index is 0.267. The lowest BCUT2D eigenvalue weighted by atomic mass is 10.1. The van der Waals surface area contributed by atoms with E-state index in [1.165, 1.54) is 5.56 Å². The van der Waals surface area contributed by atoms with Crippen LogP contribution in [0.4, 0.5) is 0 Å². The summed E-state index contributed by atoms with van der Waals surface area (Å²) in [6.07, 6.45) is 13.5. The molecule has 0 aliphatic rings. The quantitative estimate of drug-likeness (QED) is 0.824.